The van der Waals surface area contributed by atoms with E-state index in [9.17, 15) is 18.0 Å². The van der Waals surface area contributed by atoms with Crippen molar-refractivity contribution in [1.29, 1.82) is 0 Å². The lowest BCUT2D eigenvalue weighted by atomic mass is 10.0. The van der Waals surface area contributed by atoms with Gasteiger partial charge in [-0.3, -0.25) is 9.78 Å². The lowest BCUT2D eigenvalue weighted by molar-refractivity contribution is 0.0797. The zero-order chi connectivity index (χ0) is 25.8. The van der Waals surface area contributed by atoms with Crippen LogP contribution in [0, 0.1) is 17.5 Å². The molecule has 1 unspecified atom stereocenters. The van der Waals surface area contributed by atoms with Crippen LogP contribution >= 0.6 is 0 Å². The molecule has 1 aromatic heterocycles. The molecule has 1 fully saturated rings. The molecule has 2 aromatic carbocycles. The summed E-state index contributed by atoms with van der Waals surface area (Å²) in [6, 6.07) is 4.65. The summed E-state index contributed by atoms with van der Waals surface area (Å²) >= 11 is 0. The van der Waals surface area contributed by atoms with Gasteiger partial charge >= 0.3 is 0 Å². The molecule has 0 saturated carbocycles. The Labute approximate surface area is 207 Å². The smallest absolute Gasteiger partial charge is 0.253 e. The minimum absolute atomic E-state index is 0.0622. The van der Waals surface area contributed by atoms with Crippen molar-refractivity contribution < 1.29 is 22.7 Å². The van der Waals surface area contributed by atoms with Crippen molar-refractivity contribution in [2.24, 2.45) is 0 Å². The Morgan fingerprint density at radius 3 is 2.53 bits per heavy atom. The highest BCUT2D eigenvalue weighted by Gasteiger charge is 2.21. The number of fused-ring (bicyclic) bond motifs is 1. The third kappa shape index (κ3) is 5.52. The number of carbonyl (C=O) groups excluding carboxylic acids is 1. The summed E-state index contributed by atoms with van der Waals surface area (Å²) in [6.45, 7) is 5.42. The average molecular weight is 503 g/mol. The Hall–Kier alpha value is -3.44. The fourth-order valence-corrected chi connectivity index (χ4v) is 4.10. The van der Waals surface area contributed by atoms with Crippen LogP contribution in [0.4, 0.5) is 24.7 Å². The molecular formula is C25H29F3N6O2. The molecule has 1 aliphatic heterocycles. The van der Waals surface area contributed by atoms with Gasteiger partial charge in [-0.15, -0.1) is 0 Å². The van der Waals surface area contributed by atoms with Gasteiger partial charge in [0.1, 0.15) is 5.82 Å². The van der Waals surface area contributed by atoms with Gasteiger partial charge in [0.25, 0.3) is 5.91 Å². The quantitative estimate of drug-likeness (QED) is 0.457. The average Bonchev–Trinajstić information content (AvgIpc) is 2.89. The highest BCUT2D eigenvalue weighted by atomic mass is 19.2. The summed E-state index contributed by atoms with van der Waals surface area (Å²) in [5, 5.41) is 6.02. The normalized spacial score (nSPS) is 14.7. The van der Waals surface area contributed by atoms with Gasteiger partial charge in [0.2, 0.25) is 0 Å². The van der Waals surface area contributed by atoms with E-state index in [1.807, 2.05) is 7.05 Å². The van der Waals surface area contributed by atoms with E-state index < -0.39 is 23.5 Å². The van der Waals surface area contributed by atoms with Crippen LogP contribution in [0.5, 0.6) is 0 Å². The molecule has 192 valence electrons. The topological polar surface area (TPSA) is 82.6 Å². The molecule has 1 aliphatic rings. The molecule has 0 radical (unpaired) electrons. The van der Waals surface area contributed by atoms with Crippen molar-refractivity contribution in [3.8, 4) is 0 Å². The molecule has 3 aromatic rings. The van der Waals surface area contributed by atoms with E-state index in [1.165, 1.54) is 0 Å². The van der Waals surface area contributed by atoms with Crippen LogP contribution in [0.15, 0.2) is 30.5 Å². The van der Waals surface area contributed by atoms with Crippen LogP contribution in [0.3, 0.4) is 0 Å². The Bertz CT molecular complexity index is 1230. The highest BCUT2D eigenvalue weighted by molar-refractivity contribution is 5.98. The molecular weight excluding hydrogens is 473 g/mol. The highest BCUT2D eigenvalue weighted by Crippen LogP contribution is 2.30. The zero-order valence-corrected chi connectivity index (χ0v) is 20.4. The summed E-state index contributed by atoms with van der Waals surface area (Å²) in [6.07, 6.45) is 1.67. The van der Waals surface area contributed by atoms with E-state index in [1.54, 1.807) is 37.2 Å². The van der Waals surface area contributed by atoms with Crippen molar-refractivity contribution in [3.63, 3.8) is 0 Å². The number of anilines is 2. The maximum absolute atomic E-state index is 13.8. The summed E-state index contributed by atoms with van der Waals surface area (Å²) in [4.78, 5) is 26.2. The van der Waals surface area contributed by atoms with E-state index in [-0.39, 0.29) is 11.6 Å². The van der Waals surface area contributed by atoms with E-state index in [4.69, 9.17) is 9.72 Å². The maximum atomic E-state index is 13.8. The van der Waals surface area contributed by atoms with E-state index >= 15 is 0 Å². The Balaban J connectivity index is 1.75. The third-order valence-electron chi connectivity index (χ3n) is 6.12. The Morgan fingerprint density at radius 1 is 1.17 bits per heavy atom. The van der Waals surface area contributed by atoms with Crippen molar-refractivity contribution >= 4 is 28.4 Å². The van der Waals surface area contributed by atoms with Gasteiger partial charge in [0.05, 0.1) is 36.5 Å². The predicted octanol–water partition coefficient (Wildman–Crippen LogP) is 3.35. The third-order valence-corrected chi connectivity index (χ3v) is 6.12. The molecule has 1 amide bonds. The minimum Gasteiger partial charge on any atom is -0.378 e. The standard InChI is InChI=1S/C25H29F3N6O2/c1-15(31-17-12-19(26)23(28)20(27)13-17)18-10-16(25(35)33(3)5-4-29-2)11-21-24(18)32-22(14-30-21)34-6-8-36-9-7-34/h10-15,29,31H,4-9H2,1-3H3. The van der Waals surface area contributed by atoms with Crippen molar-refractivity contribution in [3.05, 3.63) is 59.0 Å². The van der Waals surface area contributed by atoms with Gasteiger partial charge in [-0.2, -0.15) is 0 Å². The fraction of sp³-hybridized carbons (Fsp3) is 0.400. The van der Waals surface area contributed by atoms with Crippen LogP contribution in [0.2, 0.25) is 0 Å². The molecule has 2 heterocycles. The minimum atomic E-state index is -1.53. The van der Waals surface area contributed by atoms with Crippen molar-refractivity contribution in [2.45, 2.75) is 13.0 Å². The van der Waals surface area contributed by atoms with Crippen LogP contribution in [-0.2, 0) is 4.74 Å². The van der Waals surface area contributed by atoms with Crippen LogP contribution in [0.25, 0.3) is 11.0 Å². The lowest BCUT2D eigenvalue weighted by Crippen LogP contribution is -2.36. The number of aromatic nitrogens is 2. The molecule has 11 heteroatoms. The van der Waals surface area contributed by atoms with Gasteiger partial charge in [-0.25, -0.2) is 18.2 Å². The van der Waals surface area contributed by atoms with Gasteiger partial charge in [0.15, 0.2) is 17.5 Å². The number of morpholine rings is 1. The van der Waals surface area contributed by atoms with E-state index in [0.717, 1.165) is 12.1 Å². The number of hydrogen-bond donors (Lipinski definition) is 2. The number of likely N-dealkylation sites (N-methyl/N-ethyl adjacent to an activating group) is 2. The second-order valence-electron chi connectivity index (χ2n) is 8.71. The summed E-state index contributed by atoms with van der Waals surface area (Å²) in [5.74, 6) is -3.64. The molecule has 8 nitrogen and oxygen atoms in total. The number of nitrogens with one attached hydrogen (secondary N) is 2. The van der Waals surface area contributed by atoms with Crippen LogP contribution in [0.1, 0.15) is 28.9 Å². The van der Waals surface area contributed by atoms with Crippen molar-refractivity contribution in [1.82, 2.24) is 20.2 Å². The van der Waals surface area contributed by atoms with Gasteiger partial charge in [0, 0.05) is 62.2 Å². The molecule has 4 rings (SSSR count). The number of ether oxygens (including phenoxy) is 1. The number of rotatable bonds is 8. The molecule has 0 bridgehead atoms. The monoisotopic (exact) mass is 502 g/mol. The van der Waals surface area contributed by atoms with Crippen LogP contribution in [-0.4, -0.2) is 74.3 Å². The first-order chi connectivity index (χ1) is 17.3. The molecule has 1 atom stereocenters. The SMILES string of the molecule is CNCCN(C)C(=O)c1cc(C(C)Nc2cc(F)c(F)c(F)c2)c2nc(N3CCOCC3)cnc2c1. The zero-order valence-electron chi connectivity index (χ0n) is 20.4. The Morgan fingerprint density at radius 2 is 1.86 bits per heavy atom. The Kier molecular flexibility index (Phi) is 7.90. The summed E-state index contributed by atoms with van der Waals surface area (Å²) in [7, 11) is 3.52. The first kappa shape index (κ1) is 25.6. The van der Waals surface area contributed by atoms with E-state index in [0.29, 0.717) is 67.4 Å². The predicted molar refractivity (Wildman–Crippen MR) is 132 cm³/mol. The molecule has 0 spiro atoms. The number of benzene rings is 2. The first-order valence-electron chi connectivity index (χ1n) is 11.7. The summed E-state index contributed by atoms with van der Waals surface area (Å²) in [5.41, 5.74) is 2.16. The van der Waals surface area contributed by atoms with E-state index in [2.05, 4.69) is 20.5 Å². The largest absolute Gasteiger partial charge is 0.378 e. The molecule has 2 N–H and O–H groups in total. The fourth-order valence-electron chi connectivity index (χ4n) is 4.10. The second-order valence-corrected chi connectivity index (χ2v) is 8.71. The summed E-state index contributed by atoms with van der Waals surface area (Å²) < 4.78 is 46.5. The second kappa shape index (κ2) is 11.1. The molecule has 0 aliphatic carbocycles. The molecule has 36 heavy (non-hydrogen) atoms. The maximum Gasteiger partial charge on any atom is 0.253 e. The number of hydrogen-bond acceptors (Lipinski definition) is 7. The van der Waals surface area contributed by atoms with Gasteiger partial charge < -0.3 is 25.2 Å². The first-order valence-corrected chi connectivity index (χ1v) is 11.7. The lowest BCUT2D eigenvalue weighted by Gasteiger charge is -2.28. The number of amides is 1. The molecule has 1 saturated heterocycles. The van der Waals surface area contributed by atoms with Crippen LogP contribution < -0.4 is 15.5 Å². The number of halogens is 3. The number of carbonyl (C=O) groups is 1. The number of nitrogens with zero attached hydrogens (tertiary/aromatic N) is 4. The van der Waals surface area contributed by atoms with Crippen molar-refractivity contribution in [2.75, 3.05) is 63.7 Å². The van der Waals surface area contributed by atoms with Gasteiger partial charge in [-0.05, 0) is 26.1 Å². The van der Waals surface area contributed by atoms with Gasteiger partial charge in [-0.1, -0.05) is 0 Å².